The summed E-state index contributed by atoms with van der Waals surface area (Å²) in [5.41, 5.74) is 1.15. The Bertz CT molecular complexity index is 889. The van der Waals surface area contributed by atoms with Crippen LogP contribution in [-0.2, 0) is 9.84 Å². The number of hydrogen-bond acceptors (Lipinski definition) is 6. The zero-order chi connectivity index (χ0) is 20.3. The van der Waals surface area contributed by atoms with E-state index >= 15 is 0 Å². The highest BCUT2D eigenvalue weighted by Crippen LogP contribution is 2.27. The molecule has 1 unspecified atom stereocenters. The van der Waals surface area contributed by atoms with Crippen molar-refractivity contribution in [2.24, 2.45) is 5.92 Å². The van der Waals surface area contributed by atoms with Gasteiger partial charge in [-0.2, -0.15) is 0 Å². The van der Waals surface area contributed by atoms with Crippen LogP contribution in [0.25, 0.3) is 0 Å². The highest BCUT2D eigenvalue weighted by atomic mass is 32.2. The molecule has 2 heterocycles. The summed E-state index contributed by atoms with van der Waals surface area (Å²) in [5.74, 6) is 2.18. The van der Waals surface area contributed by atoms with Gasteiger partial charge in [-0.15, -0.1) is 0 Å². The average molecular weight is 403 g/mol. The Morgan fingerprint density at radius 3 is 2.39 bits per heavy atom. The molecule has 1 saturated heterocycles. The number of aromatic nitrogens is 2. The van der Waals surface area contributed by atoms with Crippen molar-refractivity contribution < 1.29 is 13.2 Å². The zero-order valence-electron chi connectivity index (χ0n) is 16.9. The van der Waals surface area contributed by atoms with E-state index in [4.69, 9.17) is 4.74 Å². The van der Waals surface area contributed by atoms with Crippen LogP contribution in [0.4, 0.5) is 5.95 Å². The quantitative estimate of drug-likeness (QED) is 0.736. The molecule has 1 radical (unpaired) electrons. The molecule has 0 N–H and O–H groups in total. The summed E-state index contributed by atoms with van der Waals surface area (Å²) in [5, 5.41) is 0. The van der Waals surface area contributed by atoms with Gasteiger partial charge in [0, 0.05) is 37.8 Å². The predicted octanol–water partition coefficient (Wildman–Crippen LogP) is 3.49. The highest BCUT2D eigenvalue weighted by Gasteiger charge is 2.26. The fraction of sp³-hybridized carbons (Fsp3) is 0.524. The third-order valence-corrected chi connectivity index (χ3v) is 6.31. The summed E-state index contributed by atoms with van der Waals surface area (Å²) >= 11 is 0. The van der Waals surface area contributed by atoms with Crippen LogP contribution in [0.1, 0.15) is 45.1 Å². The second-order valence-electron chi connectivity index (χ2n) is 7.78. The molecule has 7 heteroatoms. The molecule has 0 aliphatic carbocycles. The molecular weight excluding hydrogens is 374 g/mol. The minimum atomic E-state index is -3.29. The number of hydrogen-bond donors (Lipinski definition) is 0. The van der Waals surface area contributed by atoms with Crippen LogP contribution in [0.15, 0.2) is 35.5 Å². The number of nitrogens with zero attached hydrogens (tertiary/aromatic N) is 3. The molecule has 1 aromatic heterocycles. The standard InChI is InChI=1S/C21H28N3O3S/c1-15(2)18-13-22-21(23-14-18)24-10-8-17(9-11-24)16(3)27-19-6-5-7-20(12-19)28(4,25)26/h5-6,12-17H,8-11H2,1-4H3. The molecule has 6 nitrogen and oxygen atoms in total. The van der Waals surface area contributed by atoms with Gasteiger partial charge in [-0.05, 0) is 55.4 Å². The number of benzene rings is 1. The van der Waals surface area contributed by atoms with Gasteiger partial charge in [0.2, 0.25) is 5.95 Å². The lowest BCUT2D eigenvalue weighted by atomic mass is 9.92. The van der Waals surface area contributed by atoms with Crippen LogP contribution >= 0.6 is 0 Å². The zero-order valence-corrected chi connectivity index (χ0v) is 17.7. The molecule has 1 atom stereocenters. The second kappa shape index (κ2) is 8.47. The van der Waals surface area contributed by atoms with E-state index in [0.717, 1.165) is 37.4 Å². The predicted molar refractivity (Wildman–Crippen MR) is 110 cm³/mol. The molecule has 0 bridgehead atoms. The average Bonchev–Trinajstić information content (AvgIpc) is 2.68. The van der Waals surface area contributed by atoms with Crippen molar-refractivity contribution in [3.05, 3.63) is 42.2 Å². The van der Waals surface area contributed by atoms with Crippen LogP contribution in [-0.4, -0.2) is 43.8 Å². The minimum absolute atomic E-state index is 0.00111. The van der Waals surface area contributed by atoms with E-state index in [2.05, 4.69) is 34.8 Å². The molecule has 1 aliphatic heterocycles. The number of sulfone groups is 1. The van der Waals surface area contributed by atoms with E-state index in [1.54, 1.807) is 18.2 Å². The minimum Gasteiger partial charge on any atom is -0.490 e. The first-order chi connectivity index (χ1) is 13.2. The van der Waals surface area contributed by atoms with Crippen LogP contribution in [0.3, 0.4) is 0 Å². The largest absolute Gasteiger partial charge is 0.490 e. The molecule has 1 aliphatic rings. The van der Waals surface area contributed by atoms with E-state index in [1.807, 2.05) is 19.3 Å². The van der Waals surface area contributed by atoms with E-state index in [1.165, 1.54) is 6.26 Å². The summed E-state index contributed by atoms with van der Waals surface area (Å²) < 4.78 is 29.4. The van der Waals surface area contributed by atoms with Gasteiger partial charge in [0.25, 0.3) is 0 Å². The maximum atomic E-state index is 11.7. The fourth-order valence-electron chi connectivity index (χ4n) is 3.38. The smallest absolute Gasteiger partial charge is 0.225 e. The van der Waals surface area contributed by atoms with Gasteiger partial charge in [0.15, 0.2) is 9.84 Å². The first kappa shape index (κ1) is 20.6. The van der Waals surface area contributed by atoms with Gasteiger partial charge < -0.3 is 9.64 Å². The van der Waals surface area contributed by atoms with Crippen molar-refractivity contribution in [3.63, 3.8) is 0 Å². The molecule has 1 aromatic carbocycles. The maximum absolute atomic E-state index is 11.7. The Morgan fingerprint density at radius 1 is 1.18 bits per heavy atom. The van der Waals surface area contributed by atoms with Crippen LogP contribution in [0.2, 0.25) is 0 Å². The number of rotatable bonds is 6. The van der Waals surface area contributed by atoms with Crippen molar-refractivity contribution in [2.75, 3.05) is 24.2 Å². The van der Waals surface area contributed by atoms with Crippen molar-refractivity contribution in [2.45, 2.75) is 50.5 Å². The molecule has 0 amide bonds. The van der Waals surface area contributed by atoms with Crippen molar-refractivity contribution in [1.29, 1.82) is 0 Å². The third-order valence-electron chi connectivity index (χ3n) is 5.28. The fourth-order valence-corrected chi connectivity index (χ4v) is 4.00. The number of anilines is 1. The van der Waals surface area contributed by atoms with Gasteiger partial charge in [0.05, 0.1) is 11.0 Å². The van der Waals surface area contributed by atoms with Crippen LogP contribution in [0.5, 0.6) is 5.75 Å². The maximum Gasteiger partial charge on any atom is 0.225 e. The highest BCUT2D eigenvalue weighted by molar-refractivity contribution is 7.90. The van der Waals surface area contributed by atoms with E-state index in [0.29, 0.717) is 17.6 Å². The van der Waals surface area contributed by atoms with Crippen LogP contribution < -0.4 is 9.64 Å². The molecule has 28 heavy (non-hydrogen) atoms. The molecular formula is C21H28N3O3S. The Hall–Kier alpha value is -2.15. The molecule has 0 spiro atoms. The Kier molecular flexibility index (Phi) is 6.23. The van der Waals surface area contributed by atoms with Gasteiger partial charge >= 0.3 is 0 Å². The second-order valence-corrected chi connectivity index (χ2v) is 9.76. The third kappa shape index (κ3) is 5.01. The molecule has 2 aromatic rings. The summed E-state index contributed by atoms with van der Waals surface area (Å²) in [6.45, 7) is 8.09. The SMILES string of the molecule is CC(C)c1cnc(N2CCC(C(C)Oc3cc[c]c(S(C)(=O)=O)c3)CC2)nc1. The lowest BCUT2D eigenvalue weighted by molar-refractivity contribution is 0.132. The van der Waals surface area contributed by atoms with E-state index < -0.39 is 9.84 Å². The summed E-state index contributed by atoms with van der Waals surface area (Å²) in [6, 6.07) is 7.65. The summed E-state index contributed by atoms with van der Waals surface area (Å²) in [6.07, 6.45) is 6.97. The van der Waals surface area contributed by atoms with Gasteiger partial charge in [-0.3, -0.25) is 0 Å². The summed E-state index contributed by atoms with van der Waals surface area (Å²) in [7, 11) is -3.29. The Labute approximate surface area is 167 Å². The van der Waals surface area contributed by atoms with Crippen LogP contribution in [0, 0.1) is 12.0 Å². The number of piperidine rings is 1. The van der Waals surface area contributed by atoms with Gasteiger partial charge in [-0.1, -0.05) is 13.8 Å². The Morgan fingerprint density at radius 2 is 1.82 bits per heavy atom. The Balaban J connectivity index is 1.57. The first-order valence-electron chi connectivity index (χ1n) is 9.69. The van der Waals surface area contributed by atoms with E-state index in [9.17, 15) is 8.42 Å². The normalized spacial score (nSPS) is 17.0. The van der Waals surface area contributed by atoms with Crippen molar-refractivity contribution >= 4 is 15.8 Å². The molecule has 0 saturated carbocycles. The number of ether oxygens (including phenoxy) is 1. The van der Waals surface area contributed by atoms with Crippen molar-refractivity contribution in [3.8, 4) is 5.75 Å². The lowest BCUT2D eigenvalue weighted by Crippen LogP contribution is -2.39. The topological polar surface area (TPSA) is 72.4 Å². The lowest BCUT2D eigenvalue weighted by Gasteiger charge is -2.35. The molecule has 1 fully saturated rings. The van der Waals surface area contributed by atoms with E-state index in [-0.39, 0.29) is 11.0 Å². The summed E-state index contributed by atoms with van der Waals surface area (Å²) in [4.78, 5) is 11.4. The van der Waals surface area contributed by atoms with Crippen molar-refractivity contribution in [1.82, 2.24) is 9.97 Å². The van der Waals surface area contributed by atoms with Gasteiger partial charge in [-0.25, -0.2) is 18.4 Å². The first-order valence-corrected chi connectivity index (χ1v) is 11.6. The monoisotopic (exact) mass is 402 g/mol. The molecule has 3 rings (SSSR count). The van der Waals surface area contributed by atoms with Gasteiger partial charge in [0.1, 0.15) is 5.75 Å². The molecule has 151 valence electrons.